The van der Waals surface area contributed by atoms with E-state index in [9.17, 15) is 0 Å². The van der Waals surface area contributed by atoms with E-state index in [-0.39, 0.29) is 0 Å². The lowest BCUT2D eigenvalue weighted by Gasteiger charge is -2.24. The minimum absolute atomic E-state index is 0.417. The second-order valence-electron chi connectivity index (χ2n) is 7.14. The van der Waals surface area contributed by atoms with Crippen LogP contribution in [0.15, 0.2) is 49.2 Å². The lowest BCUT2D eigenvalue weighted by Crippen LogP contribution is -2.38. The molecular weight excluding hydrogens is 352 g/mol. The molecule has 0 saturated carbocycles. The first-order chi connectivity index (χ1) is 13.8. The fourth-order valence-corrected chi connectivity index (χ4v) is 3.62. The molecule has 5 rings (SSSR count). The van der Waals surface area contributed by atoms with E-state index in [0.29, 0.717) is 6.04 Å². The summed E-state index contributed by atoms with van der Waals surface area (Å²) in [5.74, 6) is 0.891. The Morgan fingerprint density at radius 3 is 2.89 bits per heavy atom. The van der Waals surface area contributed by atoms with Crippen molar-refractivity contribution >= 4 is 11.5 Å². The van der Waals surface area contributed by atoms with Crippen LogP contribution in [0.4, 0.5) is 5.82 Å². The second-order valence-corrected chi connectivity index (χ2v) is 7.14. The van der Waals surface area contributed by atoms with Crippen LogP contribution in [0.3, 0.4) is 0 Å². The summed E-state index contributed by atoms with van der Waals surface area (Å²) in [4.78, 5) is 13.8. The lowest BCUT2D eigenvalue weighted by molar-refractivity contribution is 0.479. The van der Waals surface area contributed by atoms with Gasteiger partial charge < -0.3 is 10.6 Å². The maximum absolute atomic E-state index is 4.83. The summed E-state index contributed by atoms with van der Waals surface area (Å²) in [6, 6.07) is 6.48. The van der Waals surface area contributed by atoms with Crippen molar-refractivity contribution < 1.29 is 0 Å². The molecule has 5 heterocycles. The molecule has 4 aromatic heterocycles. The van der Waals surface area contributed by atoms with Gasteiger partial charge in [-0.05, 0) is 31.5 Å². The van der Waals surface area contributed by atoms with E-state index in [1.54, 1.807) is 10.9 Å². The first-order valence-corrected chi connectivity index (χ1v) is 9.53. The highest BCUT2D eigenvalue weighted by atomic mass is 15.2. The summed E-state index contributed by atoms with van der Waals surface area (Å²) < 4.78 is 3.80. The molecule has 0 aromatic carbocycles. The number of hydrogen-bond donors (Lipinski definition) is 2. The molecule has 0 spiro atoms. The van der Waals surface area contributed by atoms with Gasteiger partial charge in [0.05, 0.1) is 35.7 Å². The predicted octanol–water partition coefficient (Wildman–Crippen LogP) is 2.36. The van der Waals surface area contributed by atoms with E-state index >= 15 is 0 Å². The minimum atomic E-state index is 0.417. The topological polar surface area (TPSA) is 85.0 Å². The largest absolute Gasteiger partial charge is 0.366 e. The van der Waals surface area contributed by atoms with Crippen LogP contribution in [-0.2, 0) is 7.05 Å². The van der Waals surface area contributed by atoms with Crippen LogP contribution in [0, 0.1) is 0 Å². The van der Waals surface area contributed by atoms with Crippen LogP contribution in [0.1, 0.15) is 12.8 Å². The summed E-state index contributed by atoms with van der Waals surface area (Å²) in [5.41, 5.74) is 4.43. The number of aromatic nitrogens is 6. The Morgan fingerprint density at radius 1 is 1.11 bits per heavy atom. The fourth-order valence-electron chi connectivity index (χ4n) is 3.62. The molecule has 0 radical (unpaired) electrons. The van der Waals surface area contributed by atoms with Crippen molar-refractivity contribution in [3.8, 4) is 22.6 Å². The predicted molar refractivity (Wildman–Crippen MR) is 108 cm³/mol. The number of hydrogen-bond acceptors (Lipinski definition) is 6. The van der Waals surface area contributed by atoms with Crippen LogP contribution in [-0.4, -0.2) is 48.3 Å². The smallest absolute Gasteiger partial charge is 0.155 e. The van der Waals surface area contributed by atoms with Gasteiger partial charge in [-0.25, -0.2) is 9.97 Å². The molecule has 0 bridgehead atoms. The third kappa shape index (κ3) is 3.22. The number of fused-ring (bicyclic) bond motifs is 1. The number of aryl methyl sites for hydroxylation is 1. The molecule has 1 atom stereocenters. The highest BCUT2D eigenvalue weighted by molar-refractivity contribution is 5.64. The van der Waals surface area contributed by atoms with Gasteiger partial charge in [0.1, 0.15) is 5.82 Å². The SMILES string of the molecule is Cn1cc(-c2cn3c(-c4cccc(N[C@@H]5CCCNC5)n4)cnc3cn2)cn1. The van der Waals surface area contributed by atoms with Gasteiger partial charge >= 0.3 is 0 Å². The maximum Gasteiger partial charge on any atom is 0.155 e. The second kappa shape index (κ2) is 7.05. The number of imidazole rings is 1. The summed E-state index contributed by atoms with van der Waals surface area (Å²) >= 11 is 0. The van der Waals surface area contributed by atoms with Crippen molar-refractivity contribution in [1.82, 2.24) is 34.4 Å². The fraction of sp³-hybridized carbons (Fsp3) is 0.300. The Hall–Kier alpha value is -3.26. The van der Waals surface area contributed by atoms with E-state index in [1.165, 1.54) is 6.42 Å². The van der Waals surface area contributed by atoms with Crippen molar-refractivity contribution in [2.24, 2.45) is 7.05 Å². The van der Waals surface area contributed by atoms with E-state index in [2.05, 4.69) is 25.7 Å². The van der Waals surface area contributed by atoms with Gasteiger partial charge in [-0.1, -0.05) is 6.07 Å². The van der Waals surface area contributed by atoms with Crippen LogP contribution in [0.25, 0.3) is 28.3 Å². The lowest BCUT2D eigenvalue weighted by atomic mass is 10.1. The minimum Gasteiger partial charge on any atom is -0.366 e. The van der Waals surface area contributed by atoms with Crippen molar-refractivity contribution in [2.75, 3.05) is 18.4 Å². The molecule has 0 unspecified atom stereocenters. The normalized spacial score (nSPS) is 17.1. The summed E-state index contributed by atoms with van der Waals surface area (Å²) in [7, 11) is 1.90. The molecular formula is C20H22N8. The average Bonchev–Trinajstić information content (AvgIpc) is 3.35. The molecule has 0 aliphatic carbocycles. The summed E-state index contributed by atoms with van der Waals surface area (Å²) in [6.07, 6.45) is 11.7. The molecule has 0 amide bonds. The third-order valence-electron chi connectivity index (χ3n) is 5.06. The Bertz CT molecular complexity index is 1110. The van der Waals surface area contributed by atoms with E-state index in [1.807, 2.05) is 54.4 Å². The summed E-state index contributed by atoms with van der Waals surface area (Å²) in [6.45, 7) is 2.07. The Kier molecular flexibility index (Phi) is 4.25. The van der Waals surface area contributed by atoms with Crippen LogP contribution in [0.5, 0.6) is 0 Å². The first-order valence-electron chi connectivity index (χ1n) is 9.53. The zero-order valence-corrected chi connectivity index (χ0v) is 15.7. The molecule has 28 heavy (non-hydrogen) atoms. The molecule has 8 heteroatoms. The standard InChI is InChI=1S/C20H22N8/c1-27-12-14(8-24-27)17-13-28-18(10-23-20(28)11-22-17)16-5-2-6-19(26-16)25-15-4-3-7-21-9-15/h2,5-6,8,10-13,15,21H,3-4,7,9H2,1H3,(H,25,26)/t15-/m1/s1. The molecule has 4 aromatic rings. The van der Waals surface area contributed by atoms with Gasteiger partial charge in [-0.15, -0.1) is 0 Å². The highest BCUT2D eigenvalue weighted by Gasteiger charge is 2.14. The van der Waals surface area contributed by atoms with Gasteiger partial charge in [0, 0.05) is 37.6 Å². The van der Waals surface area contributed by atoms with Crippen molar-refractivity contribution in [3.05, 3.63) is 49.2 Å². The molecule has 1 fully saturated rings. The van der Waals surface area contributed by atoms with Crippen molar-refractivity contribution in [3.63, 3.8) is 0 Å². The number of nitrogens with one attached hydrogen (secondary N) is 2. The van der Waals surface area contributed by atoms with Crippen LogP contribution < -0.4 is 10.6 Å². The molecule has 1 aliphatic heterocycles. The number of nitrogens with zero attached hydrogens (tertiary/aromatic N) is 6. The van der Waals surface area contributed by atoms with Crippen LogP contribution in [0.2, 0.25) is 0 Å². The molecule has 1 aliphatic rings. The van der Waals surface area contributed by atoms with Gasteiger partial charge in [0.25, 0.3) is 0 Å². The molecule has 2 N–H and O–H groups in total. The Morgan fingerprint density at radius 2 is 2.07 bits per heavy atom. The number of piperidine rings is 1. The van der Waals surface area contributed by atoms with Crippen molar-refractivity contribution in [1.29, 1.82) is 0 Å². The monoisotopic (exact) mass is 374 g/mol. The molecule has 1 saturated heterocycles. The quantitative estimate of drug-likeness (QED) is 0.570. The molecule has 8 nitrogen and oxygen atoms in total. The highest BCUT2D eigenvalue weighted by Crippen LogP contribution is 2.23. The Labute approximate surface area is 162 Å². The maximum atomic E-state index is 4.83. The van der Waals surface area contributed by atoms with E-state index in [0.717, 1.165) is 53.6 Å². The summed E-state index contributed by atoms with van der Waals surface area (Å²) in [5, 5.41) is 11.2. The van der Waals surface area contributed by atoms with Crippen LogP contribution >= 0.6 is 0 Å². The third-order valence-corrected chi connectivity index (χ3v) is 5.06. The van der Waals surface area contributed by atoms with Gasteiger partial charge in [0.2, 0.25) is 0 Å². The van der Waals surface area contributed by atoms with E-state index in [4.69, 9.17) is 4.98 Å². The number of anilines is 1. The number of pyridine rings is 1. The molecule has 142 valence electrons. The van der Waals surface area contributed by atoms with Gasteiger partial charge in [-0.2, -0.15) is 5.10 Å². The first kappa shape index (κ1) is 16.9. The van der Waals surface area contributed by atoms with E-state index < -0.39 is 0 Å². The number of rotatable bonds is 4. The Balaban J connectivity index is 1.49. The van der Waals surface area contributed by atoms with Gasteiger partial charge in [-0.3, -0.25) is 14.1 Å². The zero-order chi connectivity index (χ0) is 18.9. The zero-order valence-electron chi connectivity index (χ0n) is 15.7. The average molecular weight is 374 g/mol. The van der Waals surface area contributed by atoms with Gasteiger partial charge in [0.15, 0.2) is 5.65 Å². The van der Waals surface area contributed by atoms with Crippen molar-refractivity contribution in [2.45, 2.75) is 18.9 Å².